The van der Waals surface area contributed by atoms with Gasteiger partial charge < -0.3 is 14.5 Å². The Bertz CT molecular complexity index is 1090. The Labute approximate surface area is 201 Å². The lowest BCUT2D eigenvalue weighted by molar-refractivity contribution is 0.0818. The Kier molecular flexibility index (Phi) is 6.67. The van der Waals surface area contributed by atoms with Crippen molar-refractivity contribution >= 4 is 34.0 Å². The van der Waals surface area contributed by atoms with Crippen molar-refractivity contribution in [2.24, 2.45) is 0 Å². The minimum atomic E-state index is 0.333. The van der Waals surface area contributed by atoms with Crippen molar-refractivity contribution in [2.45, 2.75) is 38.5 Å². The third kappa shape index (κ3) is 4.93. The number of aromatic nitrogens is 2. The second-order valence-corrected chi connectivity index (χ2v) is 9.58. The number of ether oxygens (including phenoxy) is 1. The molecule has 0 amide bonds. The zero-order valence-corrected chi connectivity index (χ0v) is 20.2. The van der Waals surface area contributed by atoms with Gasteiger partial charge in [-0.15, -0.1) is 0 Å². The summed E-state index contributed by atoms with van der Waals surface area (Å²) in [6, 6.07) is 17.0. The maximum atomic E-state index is 6.35. The zero-order valence-electron chi connectivity index (χ0n) is 19.5. The number of nitrogens with zero attached hydrogens (tertiary/aromatic N) is 5. The molecule has 0 saturated carbocycles. The van der Waals surface area contributed by atoms with Crippen LogP contribution in [0.25, 0.3) is 10.9 Å². The smallest absolute Gasteiger partial charge is 0.145 e. The normalized spacial score (nSPS) is 20.5. The van der Waals surface area contributed by atoms with E-state index in [0.717, 1.165) is 79.7 Å². The molecule has 2 fully saturated rings. The van der Waals surface area contributed by atoms with Crippen molar-refractivity contribution in [1.29, 1.82) is 0 Å². The molecule has 0 bridgehead atoms. The summed E-state index contributed by atoms with van der Waals surface area (Å²) in [4.78, 5) is 17.4. The predicted octanol–water partition coefficient (Wildman–Crippen LogP) is 4.61. The lowest BCUT2D eigenvalue weighted by atomic mass is 10.1. The average Bonchev–Trinajstić information content (AvgIpc) is 2.85. The molecule has 6 nitrogen and oxygen atoms in total. The fraction of sp³-hybridized carbons (Fsp3) is 0.462. The fourth-order valence-electron chi connectivity index (χ4n) is 5.03. The van der Waals surface area contributed by atoms with Gasteiger partial charge in [-0.25, -0.2) is 9.97 Å². The van der Waals surface area contributed by atoms with Crippen LogP contribution in [0.5, 0.6) is 0 Å². The Balaban J connectivity index is 1.37. The van der Waals surface area contributed by atoms with E-state index in [1.807, 2.05) is 18.2 Å². The number of piperidine rings is 1. The molecule has 2 saturated heterocycles. The maximum absolute atomic E-state index is 6.35. The van der Waals surface area contributed by atoms with Crippen molar-refractivity contribution < 1.29 is 4.74 Å². The fourth-order valence-corrected chi connectivity index (χ4v) is 5.20. The first kappa shape index (κ1) is 22.4. The Morgan fingerprint density at radius 2 is 1.76 bits per heavy atom. The van der Waals surface area contributed by atoms with Gasteiger partial charge in [-0.05, 0) is 50.1 Å². The van der Waals surface area contributed by atoms with E-state index in [4.69, 9.17) is 26.3 Å². The highest BCUT2D eigenvalue weighted by molar-refractivity contribution is 6.31. The number of fused-ring (bicyclic) bond motifs is 1. The predicted molar refractivity (Wildman–Crippen MR) is 135 cm³/mol. The molecular weight excluding hydrogens is 434 g/mol. The van der Waals surface area contributed by atoms with E-state index in [1.165, 1.54) is 5.69 Å². The second kappa shape index (κ2) is 9.84. The molecule has 5 rings (SSSR count). The molecular formula is C26H32ClN5O. The summed E-state index contributed by atoms with van der Waals surface area (Å²) >= 11 is 6.35. The van der Waals surface area contributed by atoms with Crippen LogP contribution < -0.4 is 9.80 Å². The Hall–Kier alpha value is -2.41. The van der Waals surface area contributed by atoms with Crippen LogP contribution in [0.3, 0.4) is 0 Å². The van der Waals surface area contributed by atoms with Gasteiger partial charge in [0.1, 0.15) is 11.6 Å². The van der Waals surface area contributed by atoms with E-state index in [0.29, 0.717) is 12.1 Å². The number of anilines is 2. The van der Waals surface area contributed by atoms with Crippen LogP contribution >= 0.6 is 11.6 Å². The van der Waals surface area contributed by atoms with Crippen LogP contribution in [0.4, 0.5) is 11.5 Å². The first-order valence-electron chi connectivity index (χ1n) is 11.9. The first-order valence-corrected chi connectivity index (χ1v) is 12.3. The number of hydrogen-bond donors (Lipinski definition) is 0. The van der Waals surface area contributed by atoms with Crippen LogP contribution in [-0.2, 0) is 11.3 Å². The molecule has 1 atom stereocenters. The number of halogens is 1. The van der Waals surface area contributed by atoms with E-state index in [-0.39, 0.29) is 0 Å². The van der Waals surface area contributed by atoms with Gasteiger partial charge in [-0.2, -0.15) is 0 Å². The van der Waals surface area contributed by atoms with Crippen LogP contribution in [-0.4, -0.2) is 66.8 Å². The Morgan fingerprint density at radius 1 is 0.970 bits per heavy atom. The SMILES string of the molecule is COC1CCN(c2nc(CN3CCN(c4ccccc4)CC3C)nc3ccc(Cl)cc23)CC1. The summed E-state index contributed by atoms with van der Waals surface area (Å²) in [7, 11) is 1.80. The highest BCUT2D eigenvalue weighted by Gasteiger charge is 2.26. The molecule has 0 spiro atoms. The Morgan fingerprint density at radius 3 is 2.48 bits per heavy atom. The van der Waals surface area contributed by atoms with Crippen molar-refractivity contribution in [3.05, 3.63) is 59.4 Å². The monoisotopic (exact) mass is 465 g/mol. The molecule has 2 aliphatic heterocycles. The molecule has 0 N–H and O–H groups in total. The number of benzene rings is 2. The second-order valence-electron chi connectivity index (χ2n) is 9.15. The molecule has 1 unspecified atom stereocenters. The lowest BCUT2D eigenvalue weighted by Gasteiger charge is -2.40. The van der Waals surface area contributed by atoms with E-state index in [9.17, 15) is 0 Å². The summed E-state index contributed by atoms with van der Waals surface area (Å²) in [6.07, 6.45) is 2.35. The van der Waals surface area contributed by atoms with Crippen molar-refractivity contribution in [3.63, 3.8) is 0 Å². The van der Waals surface area contributed by atoms with Gasteiger partial charge in [0.05, 0.1) is 18.2 Å². The molecule has 0 aliphatic carbocycles. The molecule has 33 heavy (non-hydrogen) atoms. The minimum Gasteiger partial charge on any atom is -0.381 e. The molecule has 7 heteroatoms. The van der Waals surface area contributed by atoms with E-state index in [1.54, 1.807) is 7.11 Å². The van der Waals surface area contributed by atoms with Crippen LogP contribution in [0, 0.1) is 0 Å². The first-order chi connectivity index (χ1) is 16.1. The van der Waals surface area contributed by atoms with Crippen molar-refractivity contribution in [3.8, 4) is 0 Å². The van der Waals surface area contributed by atoms with E-state index in [2.05, 4.69) is 52.0 Å². The molecule has 3 aromatic rings. The van der Waals surface area contributed by atoms with E-state index < -0.39 is 0 Å². The summed E-state index contributed by atoms with van der Waals surface area (Å²) in [5.74, 6) is 1.89. The average molecular weight is 466 g/mol. The molecule has 174 valence electrons. The number of methoxy groups -OCH3 is 1. The maximum Gasteiger partial charge on any atom is 0.145 e. The van der Waals surface area contributed by atoms with Gasteiger partial charge in [-0.3, -0.25) is 4.90 Å². The summed E-state index contributed by atoms with van der Waals surface area (Å²) < 4.78 is 5.57. The molecule has 2 aliphatic rings. The number of para-hydroxylation sites is 1. The van der Waals surface area contributed by atoms with Gasteiger partial charge in [-0.1, -0.05) is 29.8 Å². The number of piperazine rings is 1. The van der Waals surface area contributed by atoms with Gasteiger partial charge >= 0.3 is 0 Å². The van der Waals surface area contributed by atoms with Crippen molar-refractivity contribution in [2.75, 3.05) is 49.6 Å². The van der Waals surface area contributed by atoms with Crippen LogP contribution in [0.2, 0.25) is 5.02 Å². The van der Waals surface area contributed by atoms with Gasteiger partial charge in [0, 0.05) is 62.0 Å². The molecule has 1 aromatic heterocycles. The number of rotatable bonds is 5. The lowest BCUT2D eigenvalue weighted by Crippen LogP contribution is -2.51. The highest BCUT2D eigenvalue weighted by atomic mass is 35.5. The standard InChI is InChI=1S/C26H32ClN5O/c1-19-17-32(21-6-4-3-5-7-21)15-14-31(19)18-25-28-24-9-8-20(27)16-23(24)26(29-25)30-12-10-22(33-2)11-13-30/h3-9,16,19,22H,10-15,17-18H2,1-2H3. The molecule has 3 heterocycles. The summed E-state index contributed by atoms with van der Waals surface area (Å²) in [5, 5.41) is 1.75. The highest BCUT2D eigenvalue weighted by Crippen LogP contribution is 2.30. The summed E-state index contributed by atoms with van der Waals surface area (Å²) in [6.45, 7) is 7.92. The molecule has 2 aromatic carbocycles. The minimum absolute atomic E-state index is 0.333. The van der Waals surface area contributed by atoms with Crippen molar-refractivity contribution in [1.82, 2.24) is 14.9 Å². The van der Waals surface area contributed by atoms with Gasteiger partial charge in [0.25, 0.3) is 0 Å². The quantitative estimate of drug-likeness (QED) is 0.548. The van der Waals surface area contributed by atoms with Gasteiger partial charge in [0.15, 0.2) is 0 Å². The topological polar surface area (TPSA) is 44.7 Å². The van der Waals surface area contributed by atoms with Gasteiger partial charge in [0.2, 0.25) is 0 Å². The third-order valence-electron chi connectivity index (χ3n) is 6.99. The summed E-state index contributed by atoms with van der Waals surface area (Å²) in [5.41, 5.74) is 2.26. The number of hydrogen-bond acceptors (Lipinski definition) is 6. The molecule has 0 radical (unpaired) electrons. The largest absolute Gasteiger partial charge is 0.381 e. The third-order valence-corrected chi connectivity index (χ3v) is 7.22. The van der Waals surface area contributed by atoms with Crippen LogP contribution in [0.1, 0.15) is 25.6 Å². The van der Waals surface area contributed by atoms with Crippen LogP contribution in [0.15, 0.2) is 48.5 Å². The van der Waals surface area contributed by atoms with E-state index >= 15 is 0 Å². The zero-order chi connectivity index (χ0) is 22.8.